The predicted octanol–water partition coefficient (Wildman–Crippen LogP) is 3.00. The Balaban J connectivity index is 2.52. The summed E-state index contributed by atoms with van der Waals surface area (Å²) < 4.78 is 1.95. The molecule has 20 heavy (non-hydrogen) atoms. The predicted molar refractivity (Wildman–Crippen MR) is 82.3 cm³/mol. The molecule has 0 amide bonds. The number of aromatic nitrogens is 3. The maximum atomic E-state index is 4.72. The third-order valence-corrected chi connectivity index (χ3v) is 3.35. The minimum absolute atomic E-state index is 0.448. The van der Waals surface area contributed by atoms with Crippen molar-refractivity contribution >= 4 is 0 Å². The lowest BCUT2D eigenvalue weighted by atomic mass is 10.1. The van der Waals surface area contributed by atoms with Gasteiger partial charge in [-0.15, -0.1) is 0 Å². The highest BCUT2D eigenvalue weighted by Crippen LogP contribution is 2.19. The van der Waals surface area contributed by atoms with Crippen LogP contribution in [0.4, 0.5) is 0 Å². The van der Waals surface area contributed by atoms with Crippen LogP contribution in [0.1, 0.15) is 42.1 Å². The highest BCUT2D eigenvalue weighted by Gasteiger charge is 2.14. The Bertz CT molecular complexity index is 611. The fourth-order valence-corrected chi connectivity index (χ4v) is 2.39. The third-order valence-electron chi connectivity index (χ3n) is 3.35. The highest BCUT2D eigenvalue weighted by atomic mass is 15.3. The number of hydrogen-bond donors (Lipinski definition) is 1. The summed E-state index contributed by atoms with van der Waals surface area (Å²) in [5.41, 5.74) is 5.64. The van der Waals surface area contributed by atoms with Gasteiger partial charge in [-0.2, -0.15) is 5.10 Å². The average Bonchev–Trinajstić information content (AvgIpc) is 2.66. The van der Waals surface area contributed by atoms with Crippen molar-refractivity contribution < 1.29 is 0 Å². The summed E-state index contributed by atoms with van der Waals surface area (Å²) in [6.45, 7) is 13.4. The van der Waals surface area contributed by atoms with Crippen molar-refractivity contribution in [3.63, 3.8) is 0 Å². The van der Waals surface area contributed by atoms with E-state index in [1.54, 1.807) is 0 Å². The summed E-state index contributed by atoms with van der Waals surface area (Å²) in [4.78, 5) is 4.72. The van der Waals surface area contributed by atoms with Crippen molar-refractivity contribution in [1.29, 1.82) is 0 Å². The first kappa shape index (κ1) is 14.7. The summed E-state index contributed by atoms with van der Waals surface area (Å²) >= 11 is 0. The van der Waals surface area contributed by atoms with Crippen LogP contribution in [-0.2, 0) is 6.54 Å². The Labute approximate surface area is 121 Å². The van der Waals surface area contributed by atoms with Crippen LogP contribution in [0.2, 0.25) is 0 Å². The molecular formula is C16H24N4. The van der Waals surface area contributed by atoms with Crippen LogP contribution in [0.25, 0.3) is 5.82 Å². The first-order chi connectivity index (χ1) is 9.38. The summed E-state index contributed by atoms with van der Waals surface area (Å²) in [7, 11) is 0. The molecule has 0 bridgehead atoms. The van der Waals surface area contributed by atoms with E-state index in [-0.39, 0.29) is 0 Å². The molecule has 0 aliphatic heterocycles. The zero-order chi connectivity index (χ0) is 14.9. The van der Waals surface area contributed by atoms with Gasteiger partial charge in [0, 0.05) is 29.5 Å². The van der Waals surface area contributed by atoms with Crippen molar-refractivity contribution in [3.8, 4) is 5.82 Å². The molecule has 0 unspecified atom stereocenters. The van der Waals surface area contributed by atoms with Crippen molar-refractivity contribution in [2.24, 2.45) is 0 Å². The van der Waals surface area contributed by atoms with Gasteiger partial charge in [-0.25, -0.2) is 9.67 Å². The Morgan fingerprint density at radius 2 is 1.80 bits per heavy atom. The van der Waals surface area contributed by atoms with Gasteiger partial charge in [0.2, 0.25) is 0 Å². The van der Waals surface area contributed by atoms with E-state index in [0.29, 0.717) is 6.04 Å². The standard InChI is InChI=1S/C16H24N4/c1-10(2)17-9-15-11(3)7-12(4)18-16(15)20-14(6)8-13(5)19-20/h7-8,10,17H,9H2,1-6H3. The van der Waals surface area contributed by atoms with Gasteiger partial charge in [0.05, 0.1) is 5.69 Å². The van der Waals surface area contributed by atoms with E-state index in [2.05, 4.69) is 50.2 Å². The zero-order valence-corrected chi connectivity index (χ0v) is 13.3. The Kier molecular flexibility index (Phi) is 4.23. The SMILES string of the molecule is Cc1cc(C)c(CNC(C)C)c(-n2nc(C)cc2C)n1. The van der Waals surface area contributed by atoms with Crippen molar-refractivity contribution in [3.05, 3.63) is 40.3 Å². The number of nitrogens with one attached hydrogen (secondary N) is 1. The first-order valence-corrected chi connectivity index (χ1v) is 7.12. The van der Waals surface area contributed by atoms with E-state index in [1.165, 1.54) is 11.1 Å². The number of hydrogen-bond acceptors (Lipinski definition) is 3. The van der Waals surface area contributed by atoms with Crippen LogP contribution in [0.3, 0.4) is 0 Å². The zero-order valence-electron chi connectivity index (χ0n) is 13.3. The lowest BCUT2D eigenvalue weighted by Crippen LogP contribution is -2.24. The fraction of sp³-hybridized carbons (Fsp3) is 0.500. The molecule has 4 nitrogen and oxygen atoms in total. The van der Waals surface area contributed by atoms with Gasteiger partial charge in [0.25, 0.3) is 0 Å². The van der Waals surface area contributed by atoms with Crippen LogP contribution in [-0.4, -0.2) is 20.8 Å². The number of nitrogens with zero attached hydrogens (tertiary/aromatic N) is 3. The normalized spacial score (nSPS) is 11.3. The third kappa shape index (κ3) is 3.07. The van der Waals surface area contributed by atoms with E-state index in [0.717, 1.165) is 29.4 Å². The van der Waals surface area contributed by atoms with Gasteiger partial charge >= 0.3 is 0 Å². The molecule has 2 aromatic rings. The van der Waals surface area contributed by atoms with Gasteiger partial charge in [0.1, 0.15) is 0 Å². The number of aryl methyl sites for hydroxylation is 4. The summed E-state index contributed by atoms with van der Waals surface area (Å²) in [6.07, 6.45) is 0. The van der Waals surface area contributed by atoms with Crippen LogP contribution < -0.4 is 5.32 Å². The number of pyridine rings is 1. The van der Waals surface area contributed by atoms with E-state index in [4.69, 9.17) is 4.98 Å². The Morgan fingerprint density at radius 1 is 1.10 bits per heavy atom. The second-order valence-electron chi connectivity index (χ2n) is 5.76. The molecule has 0 spiro atoms. The van der Waals surface area contributed by atoms with E-state index < -0.39 is 0 Å². The number of rotatable bonds is 4. The molecule has 1 N–H and O–H groups in total. The maximum Gasteiger partial charge on any atom is 0.158 e. The van der Waals surface area contributed by atoms with Crippen LogP contribution in [0.15, 0.2) is 12.1 Å². The Morgan fingerprint density at radius 3 is 2.35 bits per heavy atom. The van der Waals surface area contributed by atoms with Crippen LogP contribution >= 0.6 is 0 Å². The van der Waals surface area contributed by atoms with E-state index >= 15 is 0 Å². The average molecular weight is 272 g/mol. The molecule has 0 saturated carbocycles. The summed E-state index contributed by atoms with van der Waals surface area (Å²) in [6, 6.07) is 4.66. The van der Waals surface area contributed by atoms with Crippen molar-refractivity contribution in [1.82, 2.24) is 20.1 Å². The smallest absolute Gasteiger partial charge is 0.158 e. The topological polar surface area (TPSA) is 42.7 Å². The first-order valence-electron chi connectivity index (χ1n) is 7.12. The molecule has 0 aromatic carbocycles. The molecule has 0 radical (unpaired) electrons. The molecular weight excluding hydrogens is 248 g/mol. The monoisotopic (exact) mass is 272 g/mol. The van der Waals surface area contributed by atoms with Gasteiger partial charge in [-0.1, -0.05) is 13.8 Å². The quantitative estimate of drug-likeness (QED) is 0.930. The molecule has 108 valence electrons. The molecule has 0 saturated heterocycles. The van der Waals surface area contributed by atoms with Gasteiger partial charge in [-0.3, -0.25) is 0 Å². The molecule has 4 heteroatoms. The molecule has 0 fully saturated rings. The molecule has 2 rings (SSSR count). The van der Waals surface area contributed by atoms with Crippen molar-refractivity contribution in [2.75, 3.05) is 0 Å². The molecule has 2 aromatic heterocycles. The second-order valence-corrected chi connectivity index (χ2v) is 5.76. The highest BCUT2D eigenvalue weighted by molar-refractivity contribution is 5.42. The summed E-state index contributed by atoms with van der Waals surface area (Å²) in [5, 5.41) is 8.05. The van der Waals surface area contributed by atoms with Gasteiger partial charge in [0.15, 0.2) is 5.82 Å². The summed E-state index contributed by atoms with van der Waals surface area (Å²) in [5.74, 6) is 0.946. The van der Waals surface area contributed by atoms with Gasteiger partial charge < -0.3 is 5.32 Å². The van der Waals surface area contributed by atoms with Crippen LogP contribution in [0, 0.1) is 27.7 Å². The Hall–Kier alpha value is -1.68. The largest absolute Gasteiger partial charge is 0.310 e. The minimum atomic E-state index is 0.448. The van der Waals surface area contributed by atoms with E-state index in [9.17, 15) is 0 Å². The van der Waals surface area contributed by atoms with Crippen molar-refractivity contribution in [2.45, 2.75) is 54.1 Å². The molecule has 0 aliphatic rings. The molecule has 0 atom stereocenters. The van der Waals surface area contributed by atoms with Gasteiger partial charge in [-0.05, 0) is 45.4 Å². The fourth-order valence-electron chi connectivity index (χ4n) is 2.39. The van der Waals surface area contributed by atoms with Crippen LogP contribution in [0.5, 0.6) is 0 Å². The maximum absolute atomic E-state index is 4.72. The molecule has 0 aliphatic carbocycles. The second kappa shape index (κ2) is 5.75. The lowest BCUT2D eigenvalue weighted by Gasteiger charge is -2.16. The van der Waals surface area contributed by atoms with E-state index in [1.807, 2.05) is 18.5 Å². The molecule has 2 heterocycles. The lowest BCUT2D eigenvalue weighted by molar-refractivity contribution is 0.582. The minimum Gasteiger partial charge on any atom is -0.310 e.